The minimum Gasteiger partial charge on any atom is -0.347 e. The Bertz CT molecular complexity index is 1170. The van der Waals surface area contributed by atoms with Gasteiger partial charge in [0.25, 0.3) is 0 Å². The Morgan fingerprint density at radius 3 is 2.58 bits per heavy atom. The fourth-order valence-electron chi connectivity index (χ4n) is 4.34. The van der Waals surface area contributed by atoms with Crippen LogP contribution in [-0.4, -0.2) is 39.6 Å². The highest BCUT2D eigenvalue weighted by molar-refractivity contribution is 6.31. The van der Waals surface area contributed by atoms with Gasteiger partial charge in [0.05, 0.1) is 23.8 Å². The van der Waals surface area contributed by atoms with Crippen LogP contribution in [0.25, 0.3) is 5.69 Å². The number of nitrogens with one attached hydrogen (secondary N) is 1. The molecule has 1 atom stereocenters. The van der Waals surface area contributed by atoms with Gasteiger partial charge in [-0.3, -0.25) is 9.59 Å². The smallest absolute Gasteiger partial charge is 0.225 e. The third-order valence-corrected chi connectivity index (χ3v) is 6.70. The Balaban J connectivity index is 1.53. The van der Waals surface area contributed by atoms with E-state index in [1.165, 1.54) is 0 Å². The number of halogens is 1. The minimum atomic E-state index is -0.257. The maximum absolute atomic E-state index is 13.1. The summed E-state index contributed by atoms with van der Waals surface area (Å²) in [6.45, 7) is 7.06. The molecule has 2 heterocycles. The summed E-state index contributed by atoms with van der Waals surface area (Å²) < 4.78 is 1.83. The van der Waals surface area contributed by atoms with Gasteiger partial charge in [-0.05, 0) is 50.5 Å². The molecule has 1 N–H and O–H groups in total. The van der Waals surface area contributed by atoms with Gasteiger partial charge >= 0.3 is 0 Å². The predicted octanol–water partition coefficient (Wildman–Crippen LogP) is 4.47. The molecule has 0 aliphatic carbocycles. The van der Waals surface area contributed by atoms with Crippen molar-refractivity contribution in [2.24, 2.45) is 0 Å². The molecule has 2 amide bonds. The van der Waals surface area contributed by atoms with Crippen LogP contribution in [-0.2, 0) is 16.0 Å². The van der Waals surface area contributed by atoms with Gasteiger partial charge in [-0.2, -0.15) is 5.10 Å². The van der Waals surface area contributed by atoms with Crippen LogP contribution >= 0.6 is 11.6 Å². The maximum atomic E-state index is 13.1. The molecule has 1 aliphatic heterocycles. The van der Waals surface area contributed by atoms with E-state index in [2.05, 4.69) is 10.4 Å². The van der Waals surface area contributed by atoms with Gasteiger partial charge in [0.1, 0.15) is 0 Å². The average molecular weight is 465 g/mol. The Kier molecular flexibility index (Phi) is 6.84. The lowest BCUT2D eigenvalue weighted by molar-refractivity contribution is -0.129. The van der Waals surface area contributed by atoms with Crippen LogP contribution in [0.1, 0.15) is 47.0 Å². The highest BCUT2D eigenvalue weighted by atomic mass is 35.5. The second kappa shape index (κ2) is 9.79. The third kappa shape index (κ3) is 5.11. The maximum Gasteiger partial charge on any atom is 0.225 e. The van der Waals surface area contributed by atoms with Crippen molar-refractivity contribution in [2.75, 3.05) is 13.1 Å². The van der Waals surface area contributed by atoms with Crippen LogP contribution in [0.5, 0.6) is 0 Å². The Hall–Kier alpha value is -3.12. The monoisotopic (exact) mass is 464 g/mol. The van der Waals surface area contributed by atoms with E-state index in [4.69, 9.17) is 11.6 Å². The summed E-state index contributed by atoms with van der Waals surface area (Å²) in [7, 11) is 0. The molecule has 0 radical (unpaired) electrons. The number of benzene rings is 2. The van der Waals surface area contributed by atoms with Gasteiger partial charge in [0, 0.05) is 35.8 Å². The van der Waals surface area contributed by atoms with Crippen molar-refractivity contribution in [1.29, 1.82) is 0 Å². The van der Waals surface area contributed by atoms with Crippen molar-refractivity contribution in [3.63, 3.8) is 0 Å². The number of hydrogen-bond donors (Lipinski definition) is 1. The topological polar surface area (TPSA) is 67.2 Å². The lowest BCUT2D eigenvalue weighted by Crippen LogP contribution is -2.39. The molecule has 4 rings (SSSR count). The molecule has 0 spiro atoms. The fraction of sp³-hybridized carbons (Fsp3) is 0.346. The van der Waals surface area contributed by atoms with E-state index < -0.39 is 0 Å². The molecule has 1 unspecified atom stereocenters. The highest BCUT2D eigenvalue weighted by Gasteiger charge is 2.26. The molecule has 6 nitrogen and oxygen atoms in total. The molecule has 1 fully saturated rings. The van der Waals surface area contributed by atoms with Crippen molar-refractivity contribution in [2.45, 2.75) is 46.1 Å². The van der Waals surface area contributed by atoms with E-state index in [0.29, 0.717) is 18.0 Å². The molecular formula is C26H29ClN4O2. The van der Waals surface area contributed by atoms with E-state index in [1.807, 2.05) is 78.9 Å². The first-order valence-electron chi connectivity index (χ1n) is 11.3. The number of amides is 2. The van der Waals surface area contributed by atoms with Crippen LogP contribution < -0.4 is 5.32 Å². The van der Waals surface area contributed by atoms with E-state index >= 15 is 0 Å². The molecule has 1 saturated heterocycles. The first-order chi connectivity index (χ1) is 15.8. The Morgan fingerprint density at radius 2 is 1.91 bits per heavy atom. The molecule has 2 aromatic carbocycles. The van der Waals surface area contributed by atoms with Crippen LogP contribution in [0.15, 0.2) is 48.5 Å². The van der Waals surface area contributed by atoms with Gasteiger partial charge in [0.2, 0.25) is 11.8 Å². The predicted molar refractivity (Wildman–Crippen MR) is 130 cm³/mol. The zero-order valence-electron chi connectivity index (χ0n) is 19.3. The first-order valence-corrected chi connectivity index (χ1v) is 11.6. The second-order valence-electron chi connectivity index (χ2n) is 8.65. The number of likely N-dealkylation sites (tertiary alicyclic amines) is 1. The van der Waals surface area contributed by atoms with Gasteiger partial charge in [-0.25, -0.2) is 4.68 Å². The molecule has 33 heavy (non-hydrogen) atoms. The highest BCUT2D eigenvalue weighted by Crippen LogP contribution is 2.24. The normalized spacial score (nSPS) is 14.5. The van der Waals surface area contributed by atoms with Crippen LogP contribution in [0.3, 0.4) is 0 Å². The average Bonchev–Trinajstić information content (AvgIpc) is 3.33. The molecule has 7 heteroatoms. The summed E-state index contributed by atoms with van der Waals surface area (Å²) in [4.78, 5) is 27.2. The van der Waals surface area contributed by atoms with Crippen LogP contribution in [0.4, 0.5) is 0 Å². The Labute approximate surface area is 199 Å². The van der Waals surface area contributed by atoms with Crippen LogP contribution in [0, 0.1) is 20.8 Å². The lowest BCUT2D eigenvalue weighted by atomic mass is 10.0. The number of carbonyl (C=O) groups excluding carboxylic acids is 2. The van der Waals surface area contributed by atoms with Crippen molar-refractivity contribution >= 4 is 23.4 Å². The SMILES string of the molecule is Cc1ccc(-n2nc(C)c(CC(=O)NC(CN3CCCC3=O)c3ccccc3)c2C)cc1Cl. The second-order valence-corrected chi connectivity index (χ2v) is 9.05. The Morgan fingerprint density at radius 1 is 1.15 bits per heavy atom. The van der Waals surface area contributed by atoms with Crippen molar-refractivity contribution in [3.8, 4) is 5.69 Å². The van der Waals surface area contributed by atoms with E-state index in [9.17, 15) is 9.59 Å². The lowest BCUT2D eigenvalue weighted by Gasteiger charge is -2.25. The third-order valence-electron chi connectivity index (χ3n) is 6.29. The molecule has 3 aromatic rings. The summed E-state index contributed by atoms with van der Waals surface area (Å²) in [6, 6.07) is 15.4. The number of carbonyl (C=O) groups is 2. The van der Waals surface area contributed by atoms with Gasteiger partial charge in [-0.1, -0.05) is 48.0 Å². The number of aryl methyl sites for hydroxylation is 2. The van der Waals surface area contributed by atoms with Crippen molar-refractivity contribution < 1.29 is 9.59 Å². The van der Waals surface area contributed by atoms with Gasteiger partial charge < -0.3 is 10.2 Å². The van der Waals surface area contributed by atoms with Crippen molar-refractivity contribution in [1.82, 2.24) is 20.0 Å². The van der Waals surface area contributed by atoms with Gasteiger partial charge in [-0.15, -0.1) is 0 Å². The van der Waals surface area contributed by atoms with Gasteiger partial charge in [0.15, 0.2) is 0 Å². The zero-order chi connectivity index (χ0) is 23.5. The van der Waals surface area contributed by atoms with E-state index in [-0.39, 0.29) is 24.3 Å². The fourth-order valence-corrected chi connectivity index (χ4v) is 4.51. The minimum absolute atomic E-state index is 0.0943. The standard InChI is InChI=1S/C26H29ClN4O2/c1-17-11-12-21(14-23(17)27)31-19(3)22(18(2)29-31)15-25(32)28-24(20-8-5-4-6-9-20)16-30-13-7-10-26(30)33/h4-6,8-9,11-12,14,24H,7,10,13,15-16H2,1-3H3,(H,28,32). The van der Waals surface area contributed by atoms with Crippen molar-refractivity contribution in [3.05, 3.63) is 81.6 Å². The molecule has 1 aromatic heterocycles. The summed E-state index contributed by atoms with van der Waals surface area (Å²) in [5, 5.41) is 8.50. The zero-order valence-corrected chi connectivity index (χ0v) is 20.0. The molecule has 0 saturated carbocycles. The number of nitrogens with zero attached hydrogens (tertiary/aromatic N) is 3. The first kappa shape index (κ1) is 23.1. The van der Waals surface area contributed by atoms with E-state index in [0.717, 1.165) is 46.7 Å². The summed E-state index contributed by atoms with van der Waals surface area (Å²) in [5.74, 6) is 0.0538. The number of hydrogen-bond acceptors (Lipinski definition) is 3. The number of rotatable bonds is 7. The number of aromatic nitrogens is 2. The summed E-state index contributed by atoms with van der Waals surface area (Å²) >= 11 is 6.31. The summed E-state index contributed by atoms with van der Waals surface area (Å²) in [6.07, 6.45) is 1.67. The molecule has 0 bridgehead atoms. The van der Waals surface area contributed by atoms with Crippen LogP contribution in [0.2, 0.25) is 5.02 Å². The molecule has 172 valence electrons. The molecule has 1 aliphatic rings. The quantitative estimate of drug-likeness (QED) is 0.560. The largest absolute Gasteiger partial charge is 0.347 e. The summed E-state index contributed by atoms with van der Waals surface area (Å²) in [5.41, 5.74) is 5.48. The molecular weight excluding hydrogens is 436 g/mol. The van der Waals surface area contributed by atoms with E-state index in [1.54, 1.807) is 0 Å².